The van der Waals surface area contributed by atoms with Gasteiger partial charge in [0.1, 0.15) is 0 Å². The number of carbonyl (C=O) groups excluding carboxylic acids is 1. The molecule has 3 heteroatoms. The molecular weight excluding hydrogens is 254 g/mol. The summed E-state index contributed by atoms with van der Waals surface area (Å²) in [6.07, 6.45) is 3.48. The molecular formula is C16H17NOS. The summed E-state index contributed by atoms with van der Waals surface area (Å²) in [5.74, 6) is 0.755. The fourth-order valence-electron chi connectivity index (χ4n) is 2.53. The summed E-state index contributed by atoms with van der Waals surface area (Å²) in [5, 5.41) is 2.95. The number of fused-ring (bicyclic) bond motifs is 1. The van der Waals surface area contributed by atoms with E-state index in [1.165, 1.54) is 16.9 Å². The number of benzene rings is 1. The van der Waals surface area contributed by atoms with Crippen LogP contribution in [-0.4, -0.2) is 5.91 Å². The third-order valence-corrected chi connectivity index (χ3v) is 4.82. The van der Waals surface area contributed by atoms with Gasteiger partial charge in [-0.2, -0.15) is 0 Å². The van der Waals surface area contributed by atoms with Crippen LogP contribution >= 0.6 is 11.3 Å². The van der Waals surface area contributed by atoms with Crippen molar-refractivity contribution in [1.82, 2.24) is 0 Å². The average molecular weight is 271 g/mol. The van der Waals surface area contributed by atoms with Gasteiger partial charge in [-0.3, -0.25) is 4.79 Å². The molecule has 1 atom stereocenters. The second kappa shape index (κ2) is 5.17. The van der Waals surface area contributed by atoms with Gasteiger partial charge in [0.2, 0.25) is 0 Å². The zero-order valence-corrected chi connectivity index (χ0v) is 11.8. The normalized spacial score (nSPS) is 17.8. The highest BCUT2D eigenvalue weighted by Crippen LogP contribution is 2.32. The highest BCUT2D eigenvalue weighted by Gasteiger charge is 2.20. The molecule has 0 saturated carbocycles. The van der Waals surface area contributed by atoms with Crippen LogP contribution in [0, 0.1) is 5.92 Å². The lowest BCUT2D eigenvalue weighted by atomic mass is 9.90. The number of hydrogen-bond donors (Lipinski definition) is 1. The molecule has 19 heavy (non-hydrogen) atoms. The molecule has 0 aliphatic heterocycles. The molecule has 1 aromatic carbocycles. The van der Waals surface area contributed by atoms with Crippen LogP contribution in [0.2, 0.25) is 0 Å². The van der Waals surface area contributed by atoms with E-state index in [1.807, 2.05) is 30.3 Å². The van der Waals surface area contributed by atoms with Gasteiger partial charge in [-0.15, -0.1) is 11.3 Å². The van der Waals surface area contributed by atoms with Crippen molar-refractivity contribution in [3.05, 3.63) is 51.7 Å². The van der Waals surface area contributed by atoms with E-state index in [0.29, 0.717) is 0 Å². The Balaban J connectivity index is 1.78. The minimum absolute atomic E-state index is 0.0123. The van der Waals surface area contributed by atoms with Crippen LogP contribution in [0.4, 0.5) is 5.69 Å². The molecule has 2 nitrogen and oxygen atoms in total. The van der Waals surface area contributed by atoms with Gasteiger partial charge < -0.3 is 5.32 Å². The predicted octanol–water partition coefficient (Wildman–Crippen LogP) is 4.13. The third kappa shape index (κ3) is 2.71. The van der Waals surface area contributed by atoms with E-state index < -0.39 is 0 Å². The topological polar surface area (TPSA) is 29.1 Å². The zero-order valence-electron chi connectivity index (χ0n) is 11.0. The first kappa shape index (κ1) is 12.4. The van der Waals surface area contributed by atoms with Crippen molar-refractivity contribution in [2.75, 3.05) is 5.32 Å². The minimum Gasteiger partial charge on any atom is -0.321 e. The van der Waals surface area contributed by atoms with Gasteiger partial charge in [-0.25, -0.2) is 0 Å². The van der Waals surface area contributed by atoms with Gasteiger partial charge >= 0.3 is 0 Å². The van der Waals surface area contributed by atoms with E-state index in [1.54, 1.807) is 11.3 Å². The van der Waals surface area contributed by atoms with E-state index in [4.69, 9.17) is 0 Å². The molecule has 0 unspecified atom stereocenters. The summed E-state index contributed by atoms with van der Waals surface area (Å²) in [7, 11) is 0. The summed E-state index contributed by atoms with van der Waals surface area (Å²) >= 11 is 1.65. The van der Waals surface area contributed by atoms with Crippen LogP contribution in [-0.2, 0) is 12.8 Å². The SMILES string of the molecule is C[C@@H]1CCc2sc(C(=O)Nc3ccccc3)cc2C1. The maximum Gasteiger partial charge on any atom is 0.265 e. The largest absolute Gasteiger partial charge is 0.321 e. The number of aryl methyl sites for hydroxylation is 1. The third-order valence-electron chi connectivity index (χ3n) is 3.58. The lowest BCUT2D eigenvalue weighted by Crippen LogP contribution is -2.10. The Kier molecular flexibility index (Phi) is 3.38. The van der Waals surface area contributed by atoms with Crippen LogP contribution < -0.4 is 5.32 Å². The van der Waals surface area contributed by atoms with Crippen LogP contribution in [0.1, 0.15) is 33.5 Å². The first-order chi connectivity index (χ1) is 9.22. The monoisotopic (exact) mass is 271 g/mol. The molecule has 3 rings (SSSR count). The molecule has 1 aliphatic carbocycles. The van der Waals surface area contributed by atoms with Crippen molar-refractivity contribution >= 4 is 22.9 Å². The average Bonchev–Trinajstić information content (AvgIpc) is 2.83. The summed E-state index contributed by atoms with van der Waals surface area (Å²) < 4.78 is 0. The van der Waals surface area contributed by atoms with Crippen LogP contribution in [0.3, 0.4) is 0 Å². The maximum absolute atomic E-state index is 12.2. The zero-order chi connectivity index (χ0) is 13.2. The van der Waals surface area contributed by atoms with Gasteiger partial charge in [0, 0.05) is 10.6 Å². The van der Waals surface area contributed by atoms with Crippen molar-refractivity contribution in [2.45, 2.75) is 26.2 Å². The Morgan fingerprint density at radius 3 is 2.89 bits per heavy atom. The van der Waals surface area contributed by atoms with Crippen LogP contribution in [0.5, 0.6) is 0 Å². The van der Waals surface area contributed by atoms with Gasteiger partial charge in [-0.1, -0.05) is 25.1 Å². The molecule has 1 N–H and O–H groups in total. The van der Waals surface area contributed by atoms with Crippen LogP contribution in [0.25, 0.3) is 0 Å². The summed E-state index contributed by atoms with van der Waals surface area (Å²) in [6.45, 7) is 2.28. The standard InChI is InChI=1S/C16H17NOS/c1-11-7-8-14-12(9-11)10-15(19-14)16(18)17-13-5-3-2-4-6-13/h2-6,10-11H,7-9H2,1H3,(H,17,18)/t11-/m1/s1. The Hall–Kier alpha value is -1.61. The van der Waals surface area contributed by atoms with Gasteiger partial charge in [0.15, 0.2) is 0 Å². The first-order valence-electron chi connectivity index (χ1n) is 6.70. The molecule has 1 heterocycles. The van der Waals surface area contributed by atoms with Crippen molar-refractivity contribution in [3.63, 3.8) is 0 Å². The molecule has 2 aromatic rings. The predicted molar refractivity (Wildman–Crippen MR) is 79.9 cm³/mol. The van der Waals surface area contributed by atoms with Gasteiger partial charge in [0.25, 0.3) is 5.91 Å². The number of amides is 1. The number of anilines is 1. The highest BCUT2D eigenvalue weighted by atomic mass is 32.1. The smallest absolute Gasteiger partial charge is 0.265 e. The lowest BCUT2D eigenvalue weighted by molar-refractivity contribution is 0.103. The quantitative estimate of drug-likeness (QED) is 0.874. The molecule has 0 fully saturated rings. The second-order valence-electron chi connectivity index (χ2n) is 5.23. The lowest BCUT2D eigenvalue weighted by Gasteiger charge is -2.16. The molecule has 1 aromatic heterocycles. The first-order valence-corrected chi connectivity index (χ1v) is 7.52. The molecule has 0 spiro atoms. The Morgan fingerprint density at radius 2 is 2.11 bits per heavy atom. The Bertz CT molecular complexity index is 588. The van der Waals surface area contributed by atoms with Gasteiger partial charge in [0.05, 0.1) is 4.88 Å². The fraction of sp³-hybridized carbons (Fsp3) is 0.312. The van der Waals surface area contributed by atoms with Crippen LogP contribution in [0.15, 0.2) is 36.4 Å². The van der Waals surface area contributed by atoms with E-state index in [2.05, 4.69) is 18.3 Å². The molecule has 0 radical (unpaired) electrons. The van der Waals surface area contributed by atoms with E-state index in [-0.39, 0.29) is 5.91 Å². The number of nitrogens with one attached hydrogen (secondary N) is 1. The van der Waals surface area contributed by atoms with E-state index in [9.17, 15) is 4.79 Å². The fourth-order valence-corrected chi connectivity index (χ4v) is 3.64. The number of hydrogen-bond acceptors (Lipinski definition) is 2. The van der Waals surface area contributed by atoms with E-state index in [0.717, 1.165) is 29.3 Å². The maximum atomic E-state index is 12.2. The molecule has 0 saturated heterocycles. The van der Waals surface area contributed by atoms with Gasteiger partial charge in [-0.05, 0) is 48.9 Å². The number of thiophene rings is 1. The number of rotatable bonds is 2. The summed E-state index contributed by atoms with van der Waals surface area (Å²) in [5.41, 5.74) is 2.23. The molecule has 1 aliphatic rings. The molecule has 0 bridgehead atoms. The minimum atomic E-state index is 0.0123. The molecule has 98 valence electrons. The highest BCUT2D eigenvalue weighted by molar-refractivity contribution is 7.14. The Labute approximate surface area is 117 Å². The summed E-state index contributed by atoms with van der Waals surface area (Å²) in [6, 6.07) is 11.7. The van der Waals surface area contributed by atoms with Crippen molar-refractivity contribution in [2.24, 2.45) is 5.92 Å². The number of para-hydroxylation sites is 1. The molecule has 1 amide bonds. The van der Waals surface area contributed by atoms with Crippen molar-refractivity contribution in [1.29, 1.82) is 0 Å². The summed E-state index contributed by atoms with van der Waals surface area (Å²) in [4.78, 5) is 14.4. The second-order valence-corrected chi connectivity index (χ2v) is 6.36. The number of carbonyl (C=O) groups is 1. The Morgan fingerprint density at radius 1 is 1.32 bits per heavy atom. The van der Waals surface area contributed by atoms with Crippen molar-refractivity contribution in [3.8, 4) is 0 Å². The van der Waals surface area contributed by atoms with Crippen molar-refractivity contribution < 1.29 is 4.79 Å². The van der Waals surface area contributed by atoms with E-state index >= 15 is 0 Å².